The summed E-state index contributed by atoms with van der Waals surface area (Å²) in [5, 5.41) is 12.8. The Morgan fingerprint density at radius 2 is 2.00 bits per heavy atom. The molecule has 6 heteroatoms. The summed E-state index contributed by atoms with van der Waals surface area (Å²) in [7, 11) is 0. The number of hydrogen-bond donors (Lipinski definition) is 2. The highest BCUT2D eigenvalue weighted by molar-refractivity contribution is 7.22. The topological polar surface area (TPSA) is 79.3 Å². The third-order valence-corrected chi connectivity index (χ3v) is 5.83. The summed E-state index contributed by atoms with van der Waals surface area (Å²) in [4.78, 5) is 28.6. The molecule has 2 aliphatic rings. The molecule has 5 nitrogen and oxygen atoms in total. The quantitative estimate of drug-likeness (QED) is 0.849. The smallest absolute Gasteiger partial charge is 0.307 e. The molecular formula is C17H16N2O3S. The lowest BCUT2D eigenvalue weighted by atomic mass is 9.82. The molecule has 2 aromatic rings. The van der Waals surface area contributed by atoms with Gasteiger partial charge < -0.3 is 10.4 Å². The lowest BCUT2D eigenvalue weighted by Gasteiger charge is -2.23. The Balaban J connectivity index is 1.60. The van der Waals surface area contributed by atoms with Crippen LogP contribution in [0.4, 0.5) is 5.13 Å². The average Bonchev–Trinajstić information content (AvgIpc) is 3.19. The van der Waals surface area contributed by atoms with Crippen molar-refractivity contribution < 1.29 is 14.7 Å². The van der Waals surface area contributed by atoms with Gasteiger partial charge in [0, 0.05) is 0 Å². The van der Waals surface area contributed by atoms with Crippen LogP contribution in [-0.2, 0) is 9.59 Å². The number of carboxylic acid groups (broad SMARTS) is 1. The van der Waals surface area contributed by atoms with Crippen LogP contribution in [0.3, 0.4) is 0 Å². The number of nitrogens with one attached hydrogen (secondary N) is 1. The first-order chi connectivity index (χ1) is 11.0. The molecule has 4 rings (SSSR count). The molecule has 0 saturated heterocycles. The SMILES string of the molecule is Cc1cccc2sc(NC(=O)[C@H]3[C@@H](C(=O)O)[C@H]4C=C[C@H]3C4)nc12. The molecule has 2 aliphatic carbocycles. The van der Waals surface area contributed by atoms with Crippen molar-refractivity contribution >= 4 is 38.6 Å². The van der Waals surface area contributed by atoms with Crippen LogP contribution in [-0.4, -0.2) is 22.0 Å². The summed E-state index contributed by atoms with van der Waals surface area (Å²) in [6.45, 7) is 1.98. The predicted octanol–water partition coefficient (Wildman–Crippen LogP) is 3.07. The first-order valence-electron chi connectivity index (χ1n) is 7.63. The van der Waals surface area contributed by atoms with E-state index in [-0.39, 0.29) is 17.7 Å². The molecule has 23 heavy (non-hydrogen) atoms. The fraction of sp³-hybridized carbons (Fsp3) is 0.353. The van der Waals surface area contributed by atoms with Gasteiger partial charge in [0.15, 0.2) is 5.13 Å². The van der Waals surface area contributed by atoms with Crippen molar-refractivity contribution in [2.45, 2.75) is 13.3 Å². The zero-order valence-corrected chi connectivity index (χ0v) is 13.3. The molecule has 1 amide bonds. The highest BCUT2D eigenvalue weighted by Gasteiger charge is 2.51. The van der Waals surface area contributed by atoms with Crippen LogP contribution in [0, 0.1) is 30.6 Å². The second-order valence-electron chi connectivity index (χ2n) is 6.27. The Bertz CT molecular complexity index is 841. The van der Waals surface area contributed by atoms with Gasteiger partial charge in [-0.3, -0.25) is 9.59 Å². The van der Waals surface area contributed by atoms with Crippen molar-refractivity contribution in [2.75, 3.05) is 5.32 Å². The molecule has 1 saturated carbocycles. The van der Waals surface area contributed by atoms with Crippen LogP contribution >= 0.6 is 11.3 Å². The fourth-order valence-electron chi connectivity index (χ4n) is 3.84. The Kier molecular flexibility index (Phi) is 3.23. The van der Waals surface area contributed by atoms with E-state index in [9.17, 15) is 14.7 Å². The van der Waals surface area contributed by atoms with Gasteiger partial charge in [0.05, 0.1) is 22.1 Å². The van der Waals surface area contributed by atoms with E-state index in [0.717, 1.165) is 22.2 Å². The average molecular weight is 328 g/mol. The number of hydrogen-bond acceptors (Lipinski definition) is 4. The molecule has 0 spiro atoms. The number of benzene rings is 1. The summed E-state index contributed by atoms with van der Waals surface area (Å²) in [6, 6.07) is 5.91. The van der Waals surface area contributed by atoms with Crippen molar-refractivity contribution in [3.05, 3.63) is 35.9 Å². The van der Waals surface area contributed by atoms with Crippen LogP contribution in [0.15, 0.2) is 30.4 Å². The van der Waals surface area contributed by atoms with Crippen molar-refractivity contribution in [1.82, 2.24) is 4.98 Å². The van der Waals surface area contributed by atoms with Crippen LogP contribution < -0.4 is 5.32 Å². The largest absolute Gasteiger partial charge is 0.481 e. The highest BCUT2D eigenvalue weighted by atomic mass is 32.1. The number of anilines is 1. The number of aliphatic carboxylic acids is 1. The molecular weight excluding hydrogens is 312 g/mol. The van der Waals surface area contributed by atoms with Crippen molar-refractivity contribution in [2.24, 2.45) is 23.7 Å². The van der Waals surface area contributed by atoms with E-state index < -0.39 is 17.8 Å². The normalized spacial score (nSPS) is 28.4. The van der Waals surface area contributed by atoms with E-state index in [1.54, 1.807) is 0 Å². The molecule has 0 aliphatic heterocycles. The van der Waals surface area contributed by atoms with Gasteiger partial charge in [0.25, 0.3) is 0 Å². The van der Waals surface area contributed by atoms with Crippen LogP contribution in [0.25, 0.3) is 10.2 Å². The maximum absolute atomic E-state index is 12.6. The molecule has 1 aromatic heterocycles. The molecule has 2 bridgehead atoms. The molecule has 2 N–H and O–H groups in total. The Morgan fingerprint density at radius 1 is 1.26 bits per heavy atom. The van der Waals surface area contributed by atoms with Gasteiger partial charge in [-0.15, -0.1) is 0 Å². The number of allylic oxidation sites excluding steroid dienone is 2. The lowest BCUT2D eigenvalue weighted by Crippen LogP contribution is -2.36. The standard InChI is InChI=1S/C17H16N2O3S/c1-8-3-2-4-11-14(8)18-17(23-11)19-15(20)12-9-5-6-10(7-9)13(12)16(21)22/h2-6,9-10,12-13H,7H2,1H3,(H,21,22)(H,18,19,20)/t9-,10-,12+,13-/m0/s1. The summed E-state index contributed by atoms with van der Waals surface area (Å²) in [6.07, 6.45) is 4.68. The summed E-state index contributed by atoms with van der Waals surface area (Å²) in [5.74, 6) is -2.24. The number of rotatable bonds is 3. The van der Waals surface area contributed by atoms with Gasteiger partial charge in [0.1, 0.15) is 0 Å². The number of nitrogens with zero attached hydrogens (tertiary/aromatic N) is 1. The minimum absolute atomic E-state index is 0.0224. The lowest BCUT2D eigenvalue weighted by molar-refractivity contribution is -0.146. The summed E-state index contributed by atoms with van der Waals surface area (Å²) < 4.78 is 1.02. The second kappa shape index (κ2) is 5.16. The van der Waals surface area contributed by atoms with Gasteiger partial charge in [0.2, 0.25) is 5.91 Å². The minimum atomic E-state index is -0.887. The van der Waals surface area contributed by atoms with E-state index >= 15 is 0 Å². The molecule has 4 atom stereocenters. The number of carbonyl (C=O) groups is 2. The third kappa shape index (κ3) is 2.25. The first kappa shape index (κ1) is 14.4. The third-order valence-electron chi connectivity index (χ3n) is 4.90. The predicted molar refractivity (Wildman–Crippen MR) is 88.3 cm³/mol. The molecule has 1 heterocycles. The minimum Gasteiger partial charge on any atom is -0.481 e. The Morgan fingerprint density at radius 3 is 2.70 bits per heavy atom. The van der Waals surface area contributed by atoms with E-state index in [1.807, 2.05) is 37.3 Å². The van der Waals surface area contributed by atoms with Gasteiger partial charge in [-0.1, -0.05) is 35.6 Å². The first-order valence-corrected chi connectivity index (χ1v) is 8.44. The Labute approximate surface area is 137 Å². The van der Waals surface area contributed by atoms with Crippen molar-refractivity contribution in [3.63, 3.8) is 0 Å². The summed E-state index contributed by atoms with van der Waals surface area (Å²) in [5.41, 5.74) is 1.95. The Hall–Kier alpha value is -2.21. The number of aromatic nitrogens is 1. The van der Waals surface area contributed by atoms with E-state index in [2.05, 4.69) is 10.3 Å². The van der Waals surface area contributed by atoms with E-state index in [1.165, 1.54) is 11.3 Å². The molecule has 118 valence electrons. The van der Waals surface area contributed by atoms with Gasteiger partial charge in [-0.05, 0) is 36.8 Å². The van der Waals surface area contributed by atoms with Crippen LogP contribution in [0.5, 0.6) is 0 Å². The summed E-state index contributed by atoms with van der Waals surface area (Å²) >= 11 is 1.42. The second-order valence-corrected chi connectivity index (χ2v) is 7.30. The number of carboxylic acids is 1. The van der Waals surface area contributed by atoms with E-state index in [4.69, 9.17) is 0 Å². The maximum Gasteiger partial charge on any atom is 0.307 e. The monoisotopic (exact) mass is 328 g/mol. The number of fused-ring (bicyclic) bond motifs is 3. The van der Waals surface area contributed by atoms with Gasteiger partial charge >= 0.3 is 5.97 Å². The maximum atomic E-state index is 12.6. The molecule has 0 radical (unpaired) electrons. The molecule has 0 unspecified atom stereocenters. The number of carbonyl (C=O) groups excluding carboxylic acids is 1. The zero-order valence-electron chi connectivity index (χ0n) is 12.5. The van der Waals surface area contributed by atoms with Crippen LogP contribution in [0.1, 0.15) is 12.0 Å². The number of amides is 1. The zero-order chi connectivity index (χ0) is 16.1. The molecule has 1 aromatic carbocycles. The fourth-order valence-corrected chi connectivity index (χ4v) is 4.79. The van der Waals surface area contributed by atoms with Gasteiger partial charge in [-0.2, -0.15) is 0 Å². The molecule has 1 fully saturated rings. The highest BCUT2D eigenvalue weighted by Crippen LogP contribution is 2.48. The van der Waals surface area contributed by atoms with E-state index in [0.29, 0.717) is 5.13 Å². The van der Waals surface area contributed by atoms with Gasteiger partial charge in [-0.25, -0.2) is 4.98 Å². The van der Waals surface area contributed by atoms with Crippen LogP contribution in [0.2, 0.25) is 0 Å². The van der Waals surface area contributed by atoms with Crippen molar-refractivity contribution in [3.8, 4) is 0 Å². The van der Waals surface area contributed by atoms with Crippen molar-refractivity contribution in [1.29, 1.82) is 0 Å². The number of para-hydroxylation sites is 1. The number of thiazole rings is 1. The number of aryl methyl sites for hydroxylation is 1.